The van der Waals surface area contributed by atoms with E-state index < -0.39 is 23.1 Å². The average Bonchev–Trinajstić information content (AvgIpc) is 2.90. The standard InChI is InChI=1S/C30H34F3N5O2/c1-7-17(2)38-16-30(4,5)40-28-24(33)12-20(13-25(28)38)27(18(3)31)37-29(34-6)36-21-8-9-22(23(32)15-21)19-10-11-35-26(39)14-19/h8-9,12-15,17H,6-7,10-11,16H2,1-5H3,(H,35,39)(H,36,37)/b27-18+. The van der Waals surface area contributed by atoms with Crippen LogP contribution in [0.5, 0.6) is 5.75 Å². The first-order valence-corrected chi connectivity index (χ1v) is 13.2. The van der Waals surface area contributed by atoms with Crippen molar-refractivity contribution < 1.29 is 22.7 Å². The van der Waals surface area contributed by atoms with Gasteiger partial charge >= 0.3 is 0 Å². The number of hydrogen-bond acceptors (Lipinski definition) is 4. The Morgan fingerprint density at radius 1 is 1.25 bits per heavy atom. The fourth-order valence-electron chi connectivity index (χ4n) is 4.79. The second-order valence-corrected chi connectivity index (χ2v) is 10.6. The molecule has 40 heavy (non-hydrogen) atoms. The van der Waals surface area contributed by atoms with Gasteiger partial charge in [-0.05, 0) is 83.2 Å². The van der Waals surface area contributed by atoms with Crippen LogP contribution in [0.25, 0.3) is 11.3 Å². The maximum absolute atomic E-state index is 15.4. The maximum Gasteiger partial charge on any atom is 0.244 e. The summed E-state index contributed by atoms with van der Waals surface area (Å²) in [6.07, 6.45) is 2.70. The molecule has 4 rings (SSSR count). The van der Waals surface area contributed by atoms with Crippen LogP contribution in [0.2, 0.25) is 0 Å². The molecular formula is C30H34F3N5O2. The summed E-state index contributed by atoms with van der Waals surface area (Å²) in [5.41, 5.74) is 1.14. The predicted molar refractivity (Wildman–Crippen MR) is 155 cm³/mol. The topological polar surface area (TPSA) is 78.3 Å². The number of carbonyl (C=O) groups excluding carboxylic acids is 1. The number of aliphatic imine (C=N–C) groups is 2. The highest BCUT2D eigenvalue weighted by molar-refractivity contribution is 6.00. The molecule has 0 spiro atoms. The van der Waals surface area contributed by atoms with Crippen molar-refractivity contribution in [1.29, 1.82) is 0 Å². The fourth-order valence-corrected chi connectivity index (χ4v) is 4.79. The SMILES string of the molecule is C=NC(=N/C(=C(\C)F)c1cc(F)c2c(c1)N(C(C)CC)CC(C)(C)O2)Nc1ccc(C2=CC(=O)NCC2)c(F)c1. The van der Waals surface area contributed by atoms with Gasteiger partial charge in [0.25, 0.3) is 0 Å². The van der Waals surface area contributed by atoms with E-state index in [2.05, 4.69) is 32.2 Å². The smallest absolute Gasteiger partial charge is 0.244 e. The Bertz CT molecular complexity index is 1430. The molecule has 0 bridgehead atoms. The quantitative estimate of drug-likeness (QED) is 0.318. The number of amides is 1. The van der Waals surface area contributed by atoms with Crippen molar-refractivity contribution in [3.63, 3.8) is 0 Å². The molecule has 0 aromatic heterocycles. The summed E-state index contributed by atoms with van der Waals surface area (Å²) < 4.78 is 51.2. The van der Waals surface area contributed by atoms with E-state index in [0.29, 0.717) is 42.0 Å². The van der Waals surface area contributed by atoms with E-state index >= 15 is 4.39 Å². The van der Waals surface area contributed by atoms with Crippen LogP contribution in [0.15, 0.2) is 52.2 Å². The molecule has 2 aromatic rings. The third-order valence-corrected chi connectivity index (χ3v) is 6.92. The van der Waals surface area contributed by atoms with Crippen molar-refractivity contribution in [3.05, 3.63) is 65.0 Å². The molecule has 1 amide bonds. The Balaban J connectivity index is 1.68. The first-order valence-electron chi connectivity index (χ1n) is 13.2. The normalized spacial score (nSPS) is 18.1. The lowest BCUT2D eigenvalue weighted by Gasteiger charge is -2.44. The van der Waals surface area contributed by atoms with Crippen molar-refractivity contribution in [2.75, 3.05) is 23.3 Å². The molecule has 2 heterocycles. The van der Waals surface area contributed by atoms with Crippen molar-refractivity contribution >= 4 is 41.2 Å². The van der Waals surface area contributed by atoms with E-state index in [9.17, 15) is 13.6 Å². The fraction of sp³-hybridized carbons (Fsp3) is 0.367. The number of anilines is 2. The average molecular weight is 554 g/mol. The summed E-state index contributed by atoms with van der Waals surface area (Å²) >= 11 is 0. The zero-order chi connectivity index (χ0) is 29.2. The molecule has 0 saturated heterocycles. The summed E-state index contributed by atoms with van der Waals surface area (Å²) in [6, 6.07) is 7.30. The highest BCUT2D eigenvalue weighted by atomic mass is 19.1. The molecule has 212 valence electrons. The molecule has 2 N–H and O–H groups in total. The highest BCUT2D eigenvalue weighted by Crippen LogP contribution is 2.43. The largest absolute Gasteiger partial charge is 0.481 e. The third kappa shape index (κ3) is 6.21. The van der Waals surface area contributed by atoms with Gasteiger partial charge in [0, 0.05) is 35.5 Å². The molecule has 1 unspecified atom stereocenters. The second kappa shape index (κ2) is 11.6. The number of nitrogens with one attached hydrogen (secondary N) is 2. The molecule has 0 saturated carbocycles. The minimum atomic E-state index is -0.668. The van der Waals surface area contributed by atoms with E-state index in [-0.39, 0.29) is 34.9 Å². The van der Waals surface area contributed by atoms with Crippen LogP contribution < -0.4 is 20.3 Å². The van der Waals surface area contributed by atoms with E-state index in [1.54, 1.807) is 18.2 Å². The number of nitrogens with zero attached hydrogens (tertiary/aromatic N) is 3. The molecule has 0 fully saturated rings. The number of rotatable bonds is 6. The van der Waals surface area contributed by atoms with Gasteiger partial charge in [-0.1, -0.05) is 6.92 Å². The summed E-state index contributed by atoms with van der Waals surface area (Å²) in [5, 5.41) is 5.51. The zero-order valence-electron chi connectivity index (χ0n) is 23.4. The van der Waals surface area contributed by atoms with Crippen molar-refractivity contribution in [2.45, 2.75) is 59.1 Å². The number of allylic oxidation sites excluding steroid dienone is 1. The van der Waals surface area contributed by atoms with Crippen LogP contribution in [-0.2, 0) is 4.79 Å². The lowest BCUT2D eigenvalue weighted by Crippen LogP contribution is -2.50. The number of guanidine groups is 1. The Hall–Kier alpha value is -4.08. The molecule has 0 aliphatic carbocycles. The van der Waals surface area contributed by atoms with E-state index in [4.69, 9.17) is 4.74 Å². The number of benzene rings is 2. The van der Waals surface area contributed by atoms with Gasteiger partial charge in [0.15, 0.2) is 11.6 Å². The second-order valence-electron chi connectivity index (χ2n) is 10.6. The molecule has 0 radical (unpaired) electrons. The zero-order valence-corrected chi connectivity index (χ0v) is 23.4. The molecule has 7 nitrogen and oxygen atoms in total. The Kier molecular flexibility index (Phi) is 8.37. The Morgan fingerprint density at radius 2 is 2.00 bits per heavy atom. The molecule has 2 aliphatic heterocycles. The van der Waals surface area contributed by atoms with Crippen LogP contribution in [0.3, 0.4) is 0 Å². The van der Waals surface area contributed by atoms with Crippen LogP contribution in [-0.4, -0.2) is 43.3 Å². The van der Waals surface area contributed by atoms with E-state index in [1.165, 1.54) is 25.1 Å². The monoisotopic (exact) mass is 553 g/mol. The number of carbonyl (C=O) groups is 1. The van der Waals surface area contributed by atoms with Gasteiger partial charge in [0.2, 0.25) is 11.9 Å². The molecule has 10 heteroatoms. The van der Waals surface area contributed by atoms with Crippen LogP contribution in [0.4, 0.5) is 24.5 Å². The van der Waals surface area contributed by atoms with Crippen LogP contribution in [0.1, 0.15) is 58.6 Å². The van der Waals surface area contributed by atoms with Crippen LogP contribution >= 0.6 is 0 Å². The minimum absolute atomic E-state index is 0.0858. The van der Waals surface area contributed by atoms with Crippen LogP contribution in [0, 0.1) is 11.6 Å². The molecule has 1 atom stereocenters. The van der Waals surface area contributed by atoms with E-state index in [0.717, 1.165) is 6.42 Å². The summed E-state index contributed by atoms with van der Waals surface area (Å²) in [6.45, 7) is 13.5. The number of fused-ring (bicyclic) bond motifs is 1. The Morgan fingerprint density at radius 3 is 2.62 bits per heavy atom. The lowest BCUT2D eigenvalue weighted by molar-refractivity contribution is -0.116. The minimum Gasteiger partial charge on any atom is -0.481 e. The van der Waals surface area contributed by atoms with Crippen molar-refractivity contribution in [1.82, 2.24) is 5.32 Å². The van der Waals surface area contributed by atoms with Gasteiger partial charge in [-0.15, -0.1) is 0 Å². The maximum atomic E-state index is 15.4. The number of halogens is 3. The van der Waals surface area contributed by atoms with Gasteiger partial charge in [-0.25, -0.2) is 23.2 Å². The molecule has 2 aliphatic rings. The predicted octanol–water partition coefficient (Wildman–Crippen LogP) is 6.47. The van der Waals surface area contributed by atoms with Gasteiger partial charge in [-0.2, -0.15) is 0 Å². The summed E-state index contributed by atoms with van der Waals surface area (Å²) in [4.78, 5) is 21.8. The first-order chi connectivity index (χ1) is 18.9. The number of hydrogen-bond donors (Lipinski definition) is 2. The van der Waals surface area contributed by atoms with Crippen molar-refractivity contribution in [2.24, 2.45) is 9.98 Å². The highest BCUT2D eigenvalue weighted by Gasteiger charge is 2.36. The third-order valence-electron chi connectivity index (χ3n) is 6.92. The Labute approximate surface area is 232 Å². The van der Waals surface area contributed by atoms with Gasteiger partial charge in [0.05, 0.1) is 12.2 Å². The number of ether oxygens (including phenoxy) is 1. The van der Waals surface area contributed by atoms with E-state index in [1.807, 2.05) is 27.7 Å². The molecule has 2 aromatic carbocycles. The molecular weight excluding hydrogens is 519 g/mol. The van der Waals surface area contributed by atoms with Crippen molar-refractivity contribution in [3.8, 4) is 5.75 Å². The lowest BCUT2D eigenvalue weighted by atomic mass is 9.99. The van der Waals surface area contributed by atoms with Gasteiger partial charge in [0.1, 0.15) is 22.9 Å². The van der Waals surface area contributed by atoms with Gasteiger partial charge < -0.3 is 20.3 Å². The summed E-state index contributed by atoms with van der Waals surface area (Å²) in [5.74, 6) is -2.11. The first kappa shape index (κ1) is 28.9. The van der Waals surface area contributed by atoms with Gasteiger partial charge in [-0.3, -0.25) is 4.79 Å². The summed E-state index contributed by atoms with van der Waals surface area (Å²) in [7, 11) is 0.